The monoisotopic (exact) mass is 306 g/mol. The van der Waals surface area contributed by atoms with E-state index in [9.17, 15) is 4.79 Å². The van der Waals surface area contributed by atoms with Crippen LogP contribution in [-0.2, 0) is 0 Å². The number of nitrogens with one attached hydrogen (secondary N) is 1. The number of ether oxygens (including phenoxy) is 1. The summed E-state index contributed by atoms with van der Waals surface area (Å²) in [6.45, 7) is 3.80. The molecule has 116 valence electrons. The number of fused-ring (bicyclic) bond motifs is 1. The molecule has 0 atom stereocenters. The van der Waals surface area contributed by atoms with Gasteiger partial charge in [-0.05, 0) is 43.7 Å². The van der Waals surface area contributed by atoms with Gasteiger partial charge in [0.1, 0.15) is 5.75 Å². The molecule has 3 rings (SSSR count). The lowest BCUT2D eigenvalue weighted by molar-refractivity contribution is 0.102. The van der Waals surface area contributed by atoms with Crippen molar-refractivity contribution in [1.82, 2.24) is 4.98 Å². The number of benzene rings is 2. The highest BCUT2D eigenvalue weighted by Gasteiger charge is 2.13. The fraction of sp³-hybridized carbons (Fsp3) is 0.158. The van der Waals surface area contributed by atoms with E-state index in [2.05, 4.69) is 10.3 Å². The number of para-hydroxylation sites is 1. The highest BCUT2D eigenvalue weighted by atomic mass is 16.5. The van der Waals surface area contributed by atoms with Crippen molar-refractivity contribution in [1.29, 1.82) is 0 Å². The number of methoxy groups -OCH3 is 1. The first-order valence-electron chi connectivity index (χ1n) is 7.41. The average molecular weight is 306 g/mol. The first kappa shape index (κ1) is 15.0. The van der Waals surface area contributed by atoms with Gasteiger partial charge in [-0.15, -0.1) is 0 Å². The maximum Gasteiger partial charge on any atom is 0.257 e. The molecule has 0 spiro atoms. The standard InChI is InChI=1S/C19H18N2O2/c1-12-6-4-5-7-17(12)21-19(22)16-10-14-8-9-15(23-3)11-18(14)20-13(16)2/h4-11H,1-3H3,(H,21,22). The van der Waals surface area contributed by atoms with Crippen LogP contribution in [0.2, 0.25) is 0 Å². The lowest BCUT2D eigenvalue weighted by Crippen LogP contribution is -2.15. The normalized spacial score (nSPS) is 10.6. The van der Waals surface area contributed by atoms with Crippen molar-refractivity contribution >= 4 is 22.5 Å². The van der Waals surface area contributed by atoms with Crippen molar-refractivity contribution < 1.29 is 9.53 Å². The van der Waals surface area contributed by atoms with E-state index in [0.29, 0.717) is 11.3 Å². The van der Waals surface area contributed by atoms with Crippen molar-refractivity contribution in [3.05, 3.63) is 65.4 Å². The summed E-state index contributed by atoms with van der Waals surface area (Å²) in [5, 5.41) is 3.86. The molecule has 0 radical (unpaired) electrons. The summed E-state index contributed by atoms with van der Waals surface area (Å²) in [4.78, 5) is 17.1. The highest BCUT2D eigenvalue weighted by Crippen LogP contribution is 2.23. The predicted molar refractivity (Wildman–Crippen MR) is 92.2 cm³/mol. The molecule has 2 aromatic carbocycles. The summed E-state index contributed by atoms with van der Waals surface area (Å²) in [7, 11) is 1.62. The van der Waals surface area contributed by atoms with Gasteiger partial charge < -0.3 is 10.1 Å². The van der Waals surface area contributed by atoms with Gasteiger partial charge >= 0.3 is 0 Å². The van der Waals surface area contributed by atoms with E-state index in [-0.39, 0.29) is 5.91 Å². The zero-order chi connectivity index (χ0) is 16.4. The van der Waals surface area contributed by atoms with Gasteiger partial charge in [-0.3, -0.25) is 9.78 Å². The van der Waals surface area contributed by atoms with Crippen LogP contribution in [0.3, 0.4) is 0 Å². The van der Waals surface area contributed by atoms with Gasteiger partial charge in [0.05, 0.1) is 23.9 Å². The van der Waals surface area contributed by atoms with E-state index in [1.54, 1.807) is 7.11 Å². The molecule has 1 aromatic heterocycles. The van der Waals surface area contributed by atoms with Crippen LogP contribution in [0.5, 0.6) is 5.75 Å². The average Bonchev–Trinajstić information content (AvgIpc) is 2.55. The fourth-order valence-corrected chi connectivity index (χ4v) is 2.50. The van der Waals surface area contributed by atoms with E-state index >= 15 is 0 Å². The van der Waals surface area contributed by atoms with E-state index in [4.69, 9.17) is 4.74 Å². The second-order valence-electron chi connectivity index (χ2n) is 5.45. The van der Waals surface area contributed by atoms with Crippen LogP contribution < -0.4 is 10.1 Å². The van der Waals surface area contributed by atoms with E-state index in [1.807, 2.05) is 62.4 Å². The number of anilines is 1. The molecule has 1 amide bonds. The van der Waals surface area contributed by atoms with Crippen LogP contribution in [0.15, 0.2) is 48.5 Å². The van der Waals surface area contributed by atoms with Gasteiger partial charge in [0.15, 0.2) is 0 Å². The van der Waals surface area contributed by atoms with Gasteiger partial charge in [-0.1, -0.05) is 18.2 Å². The summed E-state index contributed by atoms with van der Waals surface area (Å²) < 4.78 is 5.21. The molecular formula is C19H18N2O2. The fourth-order valence-electron chi connectivity index (χ4n) is 2.50. The number of pyridine rings is 1. The predicted octanol–water partition coefficient (Wildman–Crippen LogP) is 4.11. The van der Waals surface area contributed by atoms with Gasteiger partial charge in [0, 0.05) is 17.1 Å². The smallest absolute Gasteiger partial charge is 0.257 e. The second kappa shape index (κ2) is 6.08. The van der Waals surface area contributed by atoms with Crippen molar-refractivity contribution in [3.8, 4) is 5.75 Å². The van der Waals surface area contributed by atoms with E-state index in [1.165, 1.54) is 0 Å². The second-order valence-corrected chi connectivity index (χ2v) is 5.45. The van der Waals surface area contributed by atoms with Gasteiger partial charge in [-0.2, -0.15) is 0 Å². The molecule has 1 heterocycles. The molecule has 0 aliphatic carbocycles. The molecular weight excluding hydrogens is 288 g/mol. The third kappa shape index (κ3) is 3.01. The quantitative estimate of drug-likeness (QED) is 0.792. The lowest BCUT2D eigenvalue weighted by Gasteiger charge is -2.11. The van der Waals surface area contributed by atoms with Gasteiger partial charge in [0.25, 0.3) is 5.91 Å². The van der Waals surface area contributed by atoms with Crippen molar-refractivity contribution in [2.24, 2.45) is 0 Å². The van der Waals surface area contributed by atoms with Crippen molar-refractivity contribution in [2.45, 2.75) is 13.8 Å². The van der Waals surface area contributed by atoms with E-state index < -0.39 is 0 Å². The molecule has 4 heteroatoms. The van der Waals surface area contributed by atoms with Crippen LogP contribution in [-0.4, -0.2) is 18.0 Å². The molecule has 4 nitrogen and oxygen atoms in total. The molecule has 3 aromatic rings. The Balaban J connectivity index is 1.97. The Morgan fingerprint density at radius 3 is 2.61 bits per heavy atom. The number of aryl methyl sites for hydroxylation is 2. The minimum absolute atomic E-state index is 0.151. The number of carbonyl (C=O) groups is 1. The summed E-state index contributed by atoms with van der Waals surface area (Å²) in [6.07, 6.45) is 0. The molecule has 1 N–H and O–H groups in total. The Bertz CT molecular complexity index is 888. The summed E-state index contributed by atoms with van der Waals surface area (Å²) in [5.41, 5.74) is 3.92. The number of amides is 1. The number of carbonyl (C=O) groups excluding carboxylic acids is 1. The Labute approximate surface area is 135 Å². The molecule has 0 aliphatic heterocycles. The number of hydrogen-bond donors (Lipinski definition) is 1. The third-order valence-electron chi connectivity index (χ3n) is 3.85. The Morgan fingerprint density at radius 2 is 1.87 bits per heavy atom. The molecule has 0 unspecified atom stereocenters. The van der Waals surface area contributed by atoms with Crippen LogP contribution in [0.25, 0.3) is 10.9 Å². The topological polar surface area (TPSA) is 51.2 Å². The zero-order valence-electron chi connectivity index (χ0n) is 13.4. The van der Waals surface area contributed by atoms with E-state index in [0.717, 1.165) is 27.9 Å². The molecule has 0 fully saturated rings. The Morgan fingerprint density at radius 1 is 1.09 bits per heavy atom. The SMILES string of the molecule is COc1ccc2cc(C(=O)Nc3ccccc3C)c(C)nc2c1. The first-order chi connectivity index (χ1) is 11.1. The third-order valence-corrected chi connectivity index (χ3v) is 3.85. The van der Waals surface area contributed by atoms with Crippen LogP contribution in [0, 0.1) is 13.8 Å². The van der Waals surface area contributed by atoms with Crippen LogP contribution >= 0.6 is 0 Å². The van der Waals surface area contributed by atoms with Gasteiger partial charge in [0.2, 0.25) is 0 Å². The maximum absolute atomic E-state index is 12.6. The maximum atomic E-state index is 12.6. The van der Waals surface area contributed by atoms with Crippen molar-refractivity contribution in [2.75, 3.05) is 12.4 Å². The molecule has 0 saturated carbocycles. The molecule has 0 saturated heterocycles. The summed E-state index contributed by atoms with van der Waals surface area (Å²) >= 11 is 0. The Kier molecular flexibility index (Phi) is 3.98. The number of nitrogens with zero attached hydrogens (tertiary/aromatic N) is 1. The first-order valence-corrected chi connectivity index (χ1v) is 7.41. The van der Waals surface area contributed by atoms with Gasteiger partial charge in [-0.25, -0.2) is 0 Å². The zero-order valence-corrected chi connectivity index (χ0v) is 13.4. The largest absolute Gasteiger partial charge is 0.497 e. The number of hydrogen-bond acceptors (Lipinski definition) is 3. The minimum Gasteiger partial charge on any atom is -0.497 e. The number of aromatic nitrogens is 1. The molecule has 23 heavy (non-hydrogen) atoms. The molecule has 0 bridgehead atoms. The molecule has 0 aliphatic rings. The minimum atomic E-state index is -0.151. The van der Waals surface area contributed by atoms with Crippen molar-refractivity contribution in [3.63, 3.8) is 0 Å². The Hall–Kier alpha value is -2.88. The summed E-state index contributed by atoms with van der Waals surface area (Å²) in [5.74, 6) is 0.600. The lowest BCUT2D eigenvalue weighted by atomic mass is 10.1. The highest BCUT2D eigenvalue weighted by molar-refractivity contribution is 6.07. The van der Waals surface area contributed by atoms with Crippen LogP contribution in [0.4, 0.5) is 5.69 Å². The van der Waals surface area contributed by atoms with Crippen LogP contribution in [0.1, 0.15) is 21.6 Å². The summed E-state index contributed by atoms with van der Waals surface area (Å²) in [6, 6.07) is 15.2. The number of rotatable bonds is 3.